The van der Waals surface area contributed by atoms with Crippen LogP contribution in [0.2, 0.25) is 0 Å². The number of hydrogen-bond acceptors (Lipinski definition) is 5. The zero-order valence-electron chi connectivity index (χ0n) is 11.8. The lowest BCUT2D eigenvalue weighted by Gasteiger charge is -2.05. The first-order valence-corrected chi connectivity index (χ1v) is 6.70. The third-order valence-electron chi connectivity index (χ3n) is 3.20. The van der Waals surface area contributed by atoms with E-state index in [-0.39, 0.29) is 30.2 Å². The third kappa shape index (κ3) is 3.26. The molecule has 118 valence electrons. The summed E-state index contributed by atoms with van der Waals surface area (Å²) in [6, 6.07) is 4.99. The van der Waals surface area contributed by atoms with E-state index < -0.39 is 4.92 Å². The summed E-state index contributed by atoms with van der Waals surface area (Å²) in [5, 5.41) is 17.1. The van der Waals surface area contributed by atoms with E-state index in [4.69, 9.17) is 0 Å². The van der Waals surface area contributed by atoms with Crippen LogP contribution in [0.4, 0.5) is 11.4 Å². The van der Waals surface area contributed by atoms with Crippen molar-refractivity contribution in [3.05, 3.63) is 51.2 Å². The number of imidazole rings is 1. The minimum absolute atomic E-state index is 0.112. The molecule has 10 heteroatoms. The Morgan fingerprint density at radius 2 is 2.13 bits per heavy atom. The number of aromatic nitrogens is 4. The molecule has 2 heterocycles. The first-order valence-electron chi connectivity index (χ1n) is 6.70. The summed E-state index contributed by atoms with van der Waals surface area (Å²) >= 11 is 0. The second kappa shape index (κ2) is 5.75. The maximum Gasteiger partial charge on any atom is 0.323 e. The number of fused-ring (bicyclic) bond motifs is 1. The molecule has 0 aliphatic carbocycles. The summed E-state index contributed by atoms with van der Waals surface area (Å²) in [6.07, 6.45) is 2.51. The first kappa shape index (κ1) is 14.5. The van der Waals surface area contributed by atoms with Gasteiger partial charge in [0.15, 0.2) is 0 Å². The van der Waals surface area contributed by atoms with Gasteiger partial charge in [-0.05, 0) is 18.2 Å². The Morgan fingerprint density at radius 3 is 2.87 bits per heavy atom. The number of carbonyl (C=O) groups is 1. The van der Waals surface area contributed by atoms with Gasteiger partial charge in [0.25, 0.3) is 0 Å². The molecule has 3 N–H and O–H groups in total. The van der Waals surface area contributed by atoms with Gasteiger partial charge in [-0.2, -0.15) is 5.10 Å². The fraction of sp³-hybridized carbons (Fsp3) is 0.154. The van der Waals surface area contributed by atoms with Crippen LogP contribution in [0, 0.1) is 10.1 Å². The number of rotatable bonds is 5. The normalized spacial score (nSPS) is 10.8. The Bertz CT molecular complexity index is 937. The fourth-order valence-electron chi connectivity index (χ4n) is 2.12. The maximum atomic E-state index is 11.9. The highest BCUT2D eigenvalue weighted by molar-refractivity contribution is 5.92. The smallest absolute Gasteiger partial charge is 0.323 e. The number of carbonyl (C=O) groups excluding carboxylic acids is 1. The molecule has 1 amide bonds. The number of aryl methyl sites for hydroxylation is 1. The molecule has 2 aromatic heterocycles. The van der Waals surface area contributed by atoms with Crippen LogP contribution in [-0.2, 0) is 11.3 Å². The van der Waals surface area contributed by atoms with Gasteiger partial charge in [-0.25, -0.2) is 4.79 Å². The molecule has 0 unspecified atom stereocenters. The summed E-state index contributed by atoms with van der Waals surface area (Å²) in [6.45, 7) is 0.225. The summed E-state index contributed by atoms with van der Waals surface area (Å²) in [5.74, 6) is -0.264. The topological polar surface area (TPSA) is 139 Å². The monoisotopic (exact) mass is 316 g/mol. The molecule has 3 aromatic rings. The molecule has 23 heavy (non-hydrogen) atoms. The fourth-order valence-corrected chi connectivity index (χ4v) is 2.12. The van der Waals surface area contributed by atoms with Gasteiger partial charge in [0.05, 0.1) is 16.0 Å². The number of nitrogens with zero attached hydrogens (tertiary/aromatic N) is 3. The van der Waals surface area contributed by atoms with Crippen molar-refractivity contribution >= 4 is 28.3 Å². The molecule has 3 rings (SSSR count). The van der Waals surface area contributed by atoms with Gasteiger partial charge in [0, 0.05) is 18.7 Å². The van der Waals surface area contributed by atoms with Crippen molar-refractivity contribution in [1.82, 2.24) is 19.7 Å². The van der Waals surface area contributed by atoms with Crippen LogP contribution in [0.15, 0.2) is 35.4 Å². The van der Waals surface area contributed by atoms with Crippen molar-refractivity contribution < 1.29 is 9.72 Å². The van der Waals surface area contributed by atoms with Gasteiger partial charge in [-0.1, -0.05) is 0 Å². The Balaban J connectivity index is 1.61. The Morgan fingerprint density at radius 1 is 1.35 bits per heavy atom. The molecule has 0 aliphatic rings. The van der Waals surface area contributed by atoms with E-state index in [0.717, 1.165) is 6.20 Å². The molecular formula is C13H12N6O4. The molecule has 0 atom stereocenters. The quantitative estimate of drug-likeness (QED) is 0.476. The van der Waals surface area contributed by atoms with Crippen molar-refractivity contribution in [2.45, 2.75) is 13.0 Å². The van der Waals surface area contributed by atoms with E-state index >= 15 is 0 Å². The summed E-state index contributed by atoms with van der Waals surface area (Å²) < 4.78 is 1.34. The van der Waals surface area contributed by atoms with Crippen LogP contribution in [0.5, 0.6) is 0 Å². The van der Waals surface area contributed by atoms with E-state index in [1.165, 1.54) is 10.9 Å². The van der Waals surface area contributed by atoms with Crippen LogP contribution in [0.1, 0.15) is 6.42 Å². The predicted molar refractivity (Wildman–Crippen MR) is 81.0 cm³/mol. The number of hydrogen-bond donors (Lipinski definition) is 3. The number of nitro groups is 1. The number of nitrogens with one attached hydrogen (secondary N) is 3. The lowest BCUT2D eigenvalue weighted by molar-refractivity contribution is -0.385. The molecule has 0 bridgehead atoms. The van der Waals surface area contributed by atoms with E-state index in [1.54, 1.807) is 18.2 Å². The minimum atomic E-state index is -0.545. The maximum absolute atomic E-state index is 11.9. The van der Waals surface area contributed by atoms with Crippen LogP contribution in [0.3, 0.4) is 0 Å². The summed E-state index contributed by atoms with van der Waals surface area (Å²) in [4.78, 5) is 38.3. The average Bonchev–Trinajstić information content (AvgIpc) is 3.10. The number of benzene rings is 1. The Hall–Kier alpha value is -3.43. The molecule has 0 saturated carbocycles. The Labute approximate surface area is 128 Å². The highest BCUT2D eigenvalue weighted by Crippen LogP contribution is 2.15. The van der Waals surface area contributed by atoms with Gasteiger partial charge in [-0.15, -0.1) is 0 Å². The van der Waals surface area contributed by atoms with Crippen LogP contribution < -0.4 is 11.0 Å². The standard InChI is InChI=1S/C13H12N6O4/c20-12(3-4-18-7-9(6-14-18)19(22)23)15-8-1-2-10-11(5-8)17-13(21)16-10/h1-2,5-7H,3-4H2,(H,15,20)(H2,16,17,21). The molecule has 0 radical (unpaired) electrons. The van der Waals surface area contributed by atoms with E-state index in [1.807, 2.05) is 0 Å². The highest BCUT2D eigenvalue weighted by atomic mass is 16.6. The molecule has 0 aliphatic heterocycles. The van der Waals surface area contributed by atoms with Crippen molar-refractivity contribution in [2.75, 3.05) is 5.32 Å². The largest absolute Gasteiger partial charge is 0.326 e. The number of H-pyrrole nitrogens is 2. The molecule has 0 spiro atoms. The Kier molecular flexibility index (Phi) is 3.63. The second-order valence-electron chi connectivity index (χ2n) is 4.86. The van der Waals surface area contributed by atoms with Crippen LogP contribution >= 0.6 is 0 Å². The number of anilines is 1. The van der Waals surface area contributed by atoms with Gasteiger partial charge >= 0.3 is 11.4 Å². The van der Waals surface area contributed by atoms with Crippen molar-refractivity contribution in [2.24, 2.45) is 0 Å². The minimum Gasteiger partial charge on any atom is -0.326 e. The molecule has 10 nitrogen and oxygen atoms in total. The zero-order valence-corrected chi connectivity index (χ0v) is 11.8. The third-order valence-corrected chi connectivity index (χ3v) is 3.20. The summed E-state index contributed by atoms with van der Waals surface area (Å²) in [7, 11) is 0. The van der Waals surface area contributed by atoms with Crippen molar-refractivity contribution in [1.29, 1.82) is 0 Å². The van der Waals surface area contributed by atoms with Gasteiger partial charge in [0.2, 0.25) is 5.91 Å². The van der Waals surface area contributed by atoms with Crippen molar-refractivity contribution in [3.8, 4) is 0 Å². The van der Waals surface area contributed by atoms with Crippen LogP contribution in [0.25, 0.3) is 11.0 Å². The van der Waals surface area contributed by atoms with Gasteiger partial charge < -0.3 is 15.3 Å². The van der Waals surface area contributed by atoms with E-state index in [9.17, 15) is 19.7 Å². The predicted octanol–water partition coefficient (Wildman–Crippen LogP) is 0.990. The molecule has 1 aromatic carbocycles. The molecule has 0 fully saturated rings. The molecular weight excluding hydrogens is 304 g/mol. The van der Waals surface area contributed by atoms with Gasteiger partial charge in [0.1, 0.15) is 12.4 Å². The first-order chi connectivity index (χ1) is 11.0. The number of aromatic amines is 2. The van der Waals surface area contributed by atoms with E-state index in [2.05, 4.69) is 20.4 Å². The second-order valence-corrected chi connectivity index (χ2v) is 4.86. The van der Waals surface area contributed by atoms with Gasteiger partial charge in [-0.3, -0.25) is 19.6 Å². The lowest BCUT2D eigenvalue weighted by atomic mass is 10.2. The average molecular weight is 316 g/mol. The van der Waals surface area contributed by atoms with Crippen molar-refractivity contribution in [3.63, 3.8) is 0 Å². The number of amides is 1. The zero-order chi connectivity index (χ0) is 16.4. The summed E-state index contributed by atoms with van der Waals surface area (Å²) in [5.41, 5.74) is 1.35. The van der Waals surface area contributed by atoms with Crippen LogP contribution in [-0.4, -0.2) is 30.6 Å². The lowest BCUT2D eigenvalue weighted by Crippen LogP contribution is -2.14. The molecule has 0 saturated heterocycles. The SMILES string of the molecule is O=C(CCn1cc([N+](=O)[O-])cn1)Nc1ccc2[nH]c(=O)[nH]c2c1. The van der Waals surface area contributed by atoms with E-state index in [0.29, 0.717) is 16.7 Å². The highest BCUT2D eigenvalue weighted by Gasteiger charge is 2.10.